The van der Waals surface area contributed by atoms with Crippen molar-refractivity contribution in [2.75, 3.05) is 21.6 Å². The molecule has 8 nitrogen and oxygen atoms in total. The van der Waals surface area contributed by atoms with E-state index < -0.39 is 37.6 Å². The van der Waals surface area contributed by atoms with Crippen LogP contribution < -0.4 is 15.4 Å². The highest BCUT2D eigenvalue weighted by molar-refractivity contribution is 7.92. The van der Waals surface area contributed by atoms with Crippen LogP contribution in [0.25, 0.3) is 11.1 Å². The summed E-state index contributed by atoms with van der Waals surface area (Å²) in [5.74, 6) is 0. The number of rotatable bonds is 7. The zero-order valence-electron chi connectivity index (χ0n) is 20.7. The van der Waals surface area contributed by atoms with Crippen LogP contribution in [0.4, 0.5) is 35.0 Å². The summed E-state index contributed by atoms with van der Waals surface area (Å²) in [5.41, 5.74) is -0.248. The Labute approximate surface area is 228 Å². The number of hydrogen-bond donors (Lipinski definition) is 3. The van der Waals surface area contributed by atoms with Crippen LogP contribution in [0.3, 0.4) is 0 Å². The lowest BCUT2D eigenvalue weighted by atomic mass is 10.0. The first-order valence-corrected chi connectivity index (χ1v) is 14.9. The van der Waals surface area contributed by atoms with Gasteiger partial charge in [-0.15, -0.1) is 0 Å². The maximum Gasteiger partial charge on any atom is 0.416 e. The molecule has 3 N–H and O–H groups in total. The molecule has 2 amide bonds. The van der Waals surface area contributed by atoms with Crippen LogP contribution in [-0.4, -0.2) is 29.1 Å². The molecule has 0 atom stereocenters. The van der Waals surface area contributed by atoms with Gasteiger partial charge in [-0.3, -0.25) is 4.72 Å². The van der Waals surface area contributed by atoms with Crippen molar-refractivity contribution in [3.8, 4) is 11.1 Å². The normalized spacial score (nSPS) is 12.0. The second kappa shape index (κ2) is 11.0. The summed E-state index contributed by atoms with van der Waals surface area (Å²) in [6.45, 7) is 0. The first-order valence-electron chi connectivity index (χ1n) is 11.5. The number of carbonyl (C=O) groups is 1. The van der Waals surface area contributed by atoms with Crippen molar-refractivity contribution in [1.29, 1.82) is 0 Å². The van der Waals surface area contributed by atoms with Gasteiger partial charge in [-0.25, -0.2) is 21.6 Å². The molecule has 0 aliphatic heterocycles. The van der Waals surface area contributed by atoms with Gasteiger partial charge in [0.2, 0.25) is 0 Å². The summed E-state index contributed by atoms with van der Waals surface area (Å²) >= 11 is 0. The third-order valence-corrected chi connectivity index (χ3v) is 8.09. The van der Waals surface area contributed by atoms with Crippen LogP contribution in [0, 0.1) is 0 Å². The van der Waals surface area contributed by atoms with Gasteiger partial charge in [0, 0.05) is 23.2 Å². The number of alkyl halides is 3. The summed E-state index contributed by atoms with van der Waals surface area (Å²) in [5, 5.41) is 4.78. The van der Waals surface area contributed by atoms with E-state index >= 15 is 0 Å². The monoisotopic (exact) mass is 589 g/mol. The molecule has 0 saturated carbocycles. The van der Waals surface area contributed by atoms with E-state index in [0.29, 0.717) is 11.3 Å². The molecule has 0 unspecified atom stereocenters. The first-order chi connectivity index (χ1) is 18.7. The number of hydrogen-bond acceptors (Lipinski definition) is 5. The molecule has 0 saturated heterocycles. The number of benzene rings is 4. The molecule has 0 fully saturated rings. The molecule has 0 aliphatic rings. The SMILES string of the molecule is CS(=O)(=O)c1cccc(-c2ccc(S(=O)(=O)Nc3ccccc3)cc2NC(=O)Nc2cccc(C(F)(F)F)c2)c1. The molecule has 0 spiro atoms. The van der Waals surface area contributed by atoms with Crippen LogP contribution in [0.1, 0.15) is 5.56 Å². The van der Waals surface area contributed by atoms with Gasteiger partial charge in [0.25, 0.3) is 10.0 Å². The smallest absolute Gasteiger partial charge is 0.308 e. The molecule has 4 aromatic carbocycles. The second-order valence-corrected chi connectivity index (χ2v) is 12.3. The fraction of sp³-hybridized carbons (Fsp3) is 0.0741. The van der Waals surface area contributed by atoms with Gasteiger partial charge in [-0.1, -0.05) is 42.5 Å². The molecule has 0 aliphatic carbocycles. The Morgan fingerprint density at radius 3 is 2.05 bits per heavy atom. The Bertz CT molecular complexity index is 1780. The molecule has 208 valence electrons. The molecular formula is C27H22F3N3O5S2. The van der Waals surface area contributed by atoms with Crippen LogP contribution in [0.2, 0.25) is 0 Å². The third kappa shape index (κ3) is 6.98. The van der Waals surface area contributed by atoms with E-state index in [9.17, 15) is 34.8 Å². The van der Waals surface area contributed by atoms with Crippen LogP contribution in [0.15, 0.2) is 107 Å². The fourth-order valence-corrected chi connectivity index (χ4v) is 5.47. The Balaban J connectivity index is 1.73. The Kier molecular flexibility index (Phi) is 7.89. The number of para-hydroxylation sites is 1. The third-order valence-electron chi connectivity index (χ3n) is 5.60. The molecule has 40 heavy (non-hydrogen) atoms. The van der Waals surface area contributed by atoms with E-state index in [0.717, 1.165) is 24.5 Å². The second-order valence-electron chi connectivity index (χ2n) is 8.64. The average molecular weight is 590 g/mol. The first kappa shape index (κ1) is 28.6. The summed E-state index contributed by atoms with van der Waals surface area (Å²) in [6, 6.07) is 20.7. The van der Waals surface area contributed by atoms with E-state index in [1.807, 2.05) is 0 Å². The minimum atomic E-state index is -4.62. The van der Waals surface area contributed by atoms with E-state index in [4.69, 9.17) is 0 Å². The predicted octanol–water partition coefficient (Wildman–Crippen LogP) is 6.22. The Morgan fingerprint density at radius 2 is 1.38 bits per heavy atom. The standard InChI is InChI=1S/C27H22F3N3O5S2/c1-39(35,36)22-12-5-7-18(15-22)24-14-13-23(40(37,38)33-20-9-3-2-4-10-20)17-25(24)32-26(34)31-21-11-6-8-19(16-21)27(28,29)30/h2-17,33H,1H3,(H2,31,32,34). The van der Waals surface area contributed by atoms with E-state index in [2.05, 4.69) is 15.4 Å². The quantitative estimate of drug-likeness (QED) is 0.236. The van der Waals surface area contributed by atoms with Gasteiger partial charge in [-0.05, 0) is 60.2 Å². The average Bonchev–Trinajstić information content (AvgIpc) is 2.88. The highest BCUT2D eigenvalue weighted by Crippen LogP contribution is 2.33. The van der Waals surface area contributed by atoms with Crippen LogP contribution in [0.5, 0.6) is 0 Å². The van der Waals surface area contributed by atoms with Gasteiger partial charge in [0.1, 0.15) is 0 Å². The molecular weight excluding hydrogens is 567 g/mol. The van der Waals surface area contributed by atoms with E-state index in [-0.39, 0.29) is 26.7 Å². The minimum absolute atomic E-state index is 0.00758. The topological polar surface area (TPSA) is 121 Å². The molecule has 0 radical (unpaired) electrons. The number of sulfonamides is 1. The number of sulfone groups is 1. The lowest BCUT2D eigenvalue weighted by Crippen LogP contribution is -2.21. The van der Waals surface area contributed by atoms with Crippen molar-refractivity contribution >= 4 is 43.0 Å². The Hall–Kier alpha value is -4.36. The molecule has 4 aromatic rings. The van der Waals surface area contributed by atoms with E-state index in [1.54, 1.807) is 36.4 Å². The number of urea groups is 1. The number of halogens is 3. The largest absolute Gasteiger partial charge is 0.416 e. The van der Waals surface area contributed by atoms with Crippen molar-refractivity contribution in [3.63, 3.8) is 0 Å². The maximum atomic E-state index is 13.1. The van der Waals surface area contributed by atoms with Crippen molar-refractivity contribution < 1.29 is 34.8 Å². The van der Waals surface area contributed by atoms with Crippen LogP contribution >= 0.6 is 0 Å². The van der Waals surface area contributed by atoms with Crippen molar-refractivity contribution in [2.45, 2.75) is 16.0 Å². The summed E-state index contributed by atoms with van der Waals surface area (Å²) in [7, 11) is -7.72. The van der Waals surface area contributed by atoms with Gasteiger partial charge in [0.05, 0.1) is 21.0 Å². The zero-order chi connectivity index (χ0) is 29.1. The van der Waals surface area contributed by atoms with E-state index in [1.165, 1.54) is 42.5 Å². The minimum Gasteiger partial charge on any atom is -0.308 e. The highest BCUT2D eigenvalue weighted by atomic mass is 32.2. The zero-order valence-corrected chi connectivity index (χ0v) is 22.4. The molecule has 0 heterocycles. The maximum absolute atomic E-state index is 13.1. The van der Waals surface area contributed by atoms with Gasteiger partial charge in [-0.2, -0.15) is 13.2 Å². The number of amides is 2. The number of nitrogens with one attached hydrogen (secondary N) is 3. The summed E-state index contributed by atoms with van der Waals surface area (Å²) in [4.78, 5) is 12.6. The predicted molar refractivity (Wildman–Crippen MR) is 146 cm³/mol. The molecule has 0 aromatic heterocycles. The fourth-order valence-electron chi connectivity index (χ4n) is 3.72. The molecule has 4 rings (SSSR count). The van der Waals surface area contributed by atoms with Crippen molar-refractivity contribution in [3.05, 3.63) is 103 Å². The Morgan fingerprint density at radius 1 is 0.700 bits per heavy atom. The molecule has 0 bridgehead atoms. The summed E-state index contributed by atoms with van der Waals surface area (Å²) in [6.07, 6.45) is -3.60. The number of carbonyl (C=O) groups excluding carboxylic acids is 1. The summed E-state index contributed by atoms with van der Waals surface area (Å²) < 4.78 is 92.0. The lowest BCUT2D eigenvalue weighted by molar-refractivity contribution is -0.137. The number of anilines is 3. The van der Waals surface area contributed by atoms with Gasteiger partial charge < -0.3 is 10.6 Å². The lowest BCUT2D eigenvalue weighted by Gasteiger charge is -2.16. The van der Waals surface area contributed by atoms with Crippen LogP contribution in [-0.2, 0) is 26.0 Å². The molecule has 13 heteroatoms. The highest BCUT2D eigenvalue weighted by Gasteiger charge is 2.30. The van der Waals surface area contributed by atoms with Crippen molar-refractivity contribution in [1.82, 2.24) is 0 Å². The van der Waals surface area contributed by atoms with Gasteiger partial charge >= 0.3 is 12.2 Å². The van der Waals surface area contributed by atoms with Crippen molar-refractivity contribution in [2.24, 2.45) is 0 Å². The van der Waals surface area contributed by atoms with Gasteiger partial charge in [0.15, 0.2) is 9.84 Å².